The summed E-state index contributed by atoms with van der Waals surface area (Å²) in [4.78, 5) is 11.7. The second-order valence-corrected chi connectivity index (χ2v) is 5.67. The fourth-order valence-corrected chi connectivity index (χ4v) is 1.88. The topological polar surface area (TPSA) is 56.8 Å². The maximum Gasteiger partial charge on any atom is 0.412 e. The van der Waals surface area contributed by atoms with E-state index in [9.17, 15) is 4.79 Å². The summed E-state index contributed by atoms with van der Waals surface area (Å²) in [5.74, 6) is 1.11. The molecule has 106 valence electrons. The standard InChI is InChI=1S/C13H18BrNO4/c1-13(2,3)19-12(16)15-9-6-8(14)10(17-4)7-11(9)18-5/h6-7H,1-5H3,(H,15,16). The number of carbonyl (C=O) groups excluding carboxylic acids is 1. The van der Waals surface area contributed by atoms with Gasteiger partial charge in [0.2, 0.25) is 0 Å². The van der Waals surface area contributed by atoms with E-state index in [2.05, 4.69) is 21.2 Å². The van der Waals surface area contributed by atoms with Gasteiger partial charge in [-0.05, 0) is 42.8 Å². The molecule has 1 aromatic rings. The molecule has 0 saturated heterocycles. The molecule has 19 heavy (non-hydrogen) atoms. The van der Waals surface area contributed by atoms with E-state index < -0.39 is 11.7 Å². The van der Waals surface area contributed by atoms with E-state index in [1.807, 2.05) is 0 Å². The number of halogens is 1. The van der Waals surface area contributed by atoms with Crippen LogP contribution in [0.15, 0.2) is 16.6 Å². The summed E-state index contributed by atoms with van der Waals surface area (Å²) in [6.45, 7) is 5.40. The van der Waals surface area contributed by atoms with Crippen molar-refractivity contribution in [2.45, 2.75) is 26.4 Å². The molecule has 0 aliphatic heterocycles. The van der Waals surface area contributed by atoms with Gasteiger partial charge in [-0.15, -0.1) is 0 Å². The molecule has 1 N–H and O–H groups in total. The quantitative estimate of drug-likeness (QED) is 0.914. The van der Waals surface area contributed by atoms with Crippen molar-refractivity contribution >= 4 is 27.7 Å². The van der Waals surface area contributed by atoms with Crippen LogP contribution in [0.25, 0.3) is 0 Å². The minimum absolute atomic E-state index is 0.492. The summed E-state index contributed by atoms with van der Waals surface area (Å²) in [5.41, 5.74) is -0.0504. The zero-order valence-electron chi connectivity index (χ0n) is 11.7. The van der Waals surface area contributed by atoms with E-state index in [0.29, 0.717) is 21.7 Å². The lowest BCUT2D eigenvalue weighted by Gasteiger charge is -2.20. The molecule has 5 nitrogen and oxygen atoms in total. The SMILES string of the molecule is COc1cc(OC)c(NC(=O)OC(C)(C)C)cc1Br. The van der Waals surface area contributed by atoms with Crippen molar-refractivity contribution in [3.05, 3.63) is 16.6 Å². The van der Waals surface area contributed by atoms with Gasteiger partial charge in [0.1, 0.15) is 17.1 Å². The summed E-state index contributed by atoms with van der Waals surface area (Å²) in [6, 6.07) is 3.37. The Morgan fingerprint density at radius 3 is 2.21 bits per heavy atom. The lowest BCUT2D eigenvalue weighted by Crippen LogP contribution is -2.27. The predicted octanol–water partition coefficient (Wildman–Crippen LogP) is 3.81. The molecular weight excluding hydrogens is 314 g/mol. The van der Waals surface area contributed by atoms with Gasteiger partial charge in [0.05, 0.1) is 24.4 Å². The molecule has 0 aromatic heterocycles. The molecule has 0 spiro atoms. The number of ether oxygens (including phenoxy) is 3. The first kappa shape index (κ1) is 15.6. The number of methoxy groups -OCH3 is 2. The van der Waals surface area contributed by atoms with Gasteiger partial charge in [0.25, 0.3) is 0 Å². The molecule has 0 heterocycles. The summed E-state index contributed by atoms with van der Waals surface area (Å²) < 4.78 is 16.3. The molecule has 0 bridgehead atoms. The third-order valence-corrected chi connectivity index (χ3v) is 2.73. The van der Waals surface area contributed by atoms with Gasteiger partial charge < -0.3 is 14.2 Å². The van der Waals surface area contributed by atoms with Crippen LogP contribution in [-0.2, 0) is 4.74 Å². The Morgan fingerprint density at radius 1 is 1.16 bits per heavy atom. The highest BCUT2D eigenvalue weighted by Gasteiger charge is 2.18. The number of hydrogen-bond donors (Lipinski definition) is 1. The van der Waals surface area contributed by atoms with Gasteiger partial charge in [-0.25, -0.2) is 4.79 Å². The number of rotatable bonds is 3. The Hall–Kier alpha value is -1.43. The Labute approximate surface area is 121 Å². The van der Waals surface area contributed by atoms with Crippen LogP contribution in [0.1, 0.15) is 20.8 Å². The highest BCUT2D eigenvalue weighted by Crippen LogP contribution is 2.36. The third-order valence-electron chi connectivity index (χ3n) is 2.11. The monoisotopic (exact) mass is 331 g/mol. The molecule has 0 unspecified atom stereocenters. The smallest absolute Gasteiger partial charge is 0.412 e. The minimum Gasteiger partial charge on any atom is -0.495 e. The maximum absolute atomic E-state index is 11.7. The molecule has 0 radical (unpaired) electrons. The summed E-state index contributed by atoms with van der Waals surface area (Å²) >= 11 is 3.35. The normalized spacial score (nSPS) is 10.8. The highest BCUT2D eigenvalue weighted by molar-refractivity contribution is 9.10. The molecule has 0 aliphatic rings. The molecule has 1 amide bonds. The number of hydrogen-bond acceptors (Lipinski definition) is 4. The van der Waals surface area contributed by atoms with E-state index in [1.165, 1.54) is 7.11 Å². The van der Waals surface area contributed by atoms with Gasteiger partial charge in [-0.2, -0.15) is 0 Å². The molecule has 0 aliphatic carbocycles. The number of nitrogens with one attached hydrogen (secondary N) is 1. The number of amides is 1. The van der Waals surface area contributed by atoms with E-state index in [4.69, 9.17) is 14.2 Å². The van der Waals surface area contributed by atoms with E-state index in [-0.39, 0.29) is 0 Å². The predicted molar refractivity (Wildman–Crippen MR) is 77.1 cm³/mol. The fourth-order valence-electron chi connectivity index (χ4n) is 1.37. The number of carbonyl (C=O) groups is 1. The van der Waals surface area contributed by atoms with Crippen LogP contribution in [0.3, 0.4) is 0 Å². The van der Waals surface area contributed by atoms with Crippen molar-refractivity contribution in [2.24, 2.45) is 0 Å². The van der Waals surface area contributed by atoms with E-state index in [1.54, 1.807) is 40.0 Å². The molecule has 0 fully saturated rings. The van der Waals surface area contributed by atoms with Crippen LogP contribution < -0.4 is 14.8 Å². The average molecular weight is 332 g/mol. The Balaban J connectivity index is 2.94. The van der Waals surface area contributed by atoms with Crippen molar-refractivity contribution in [1.29, 1.82) is 0 Å². The zero-order valence-corrected chi connectivity index (χ0v) is 13.3. The largest absolute Gasteiger partial charge is 0.495 e. The van der Waals surface area contributed by atoms with Crippen LogP contribution in [0.4, 0.5) is 10.5 Å². The average Bonchev–Trinajstić information content (AvgIpc) is 2.26. The number of benzene rings is 1. The van der Waals surface area contributed by atoms with Crippen molar-refractivity contribution in [2.75, 3.05) is 19.5 Å². The molecule has 0 saturated carbocycles. The van der Waals surface area contributed by atoms with Gasteiger partial charge in [0.15, 0.2) is 0 Å². The first-order chi connectivity index (χ1) is 8.76. The van der Waals surface area contributed by atoms with E-state index >= 15 is 0 Å². The van der Waals surface area contributed by atoms with Gasteiger partial charge in [-0.3, -0.25) is 5.32 Å². The second-order valence-electron chi connectivity index (χ2n) is 4.81. The Bertz CT molecular complexity index is 468. The van der Waals surface area contributed by atoms with Crippen molar-refractivity contribution in [3.63, 3.8) is 0 Å². The lowest BCUT2D eigenvalue weighted by atomic mass is 10.2. The first-order valence-electron chi connectivity index (χ1n) is 5.68. The highest BCUT2D eigenvalue weighted by atomic mass is 79.9. The van der Waals surface area contributed by atoms with Crippen molar-refractivity contribution < 1.29 is 19.0 Å². The molecule has 6 heteroatoms. The molecular formula is C13H18BrNO4. The van der Waals surface area contributed by atoms with Crippen LogP contribution in [0.2, 0.25) is 0 Å². The van der Waals surface area contributed by atoms with Crippen LogP contribution in [-0.4, -0.2) is 25.9 Å². The van der Waals surface area contributed by atoms with E-state index in [0.717, 1.165) is 0 Å². The number of anilines is 1. The zero-order chi connectivity index (χ0) is 14.6. The second kappa shape index (κ2) is 6.14. The fraction of sp³-hybridized carbons (Fsp3) is 0.462. The van der Waals surface area contributed by atoms with Gasteiger partial charge in [-0.1, -0.05) is 0 Å². The van der Waals surface area contributed by atoms with Gasteiger partial charge in [0, 0.05) is 6.07 Å². The Kier molecular flexibility index (Phi) is 5.05. The van der Waals surface area contributed by atoms with Crippen molar-refractivity contribution in [1.82, 2.24) is 0 Å². The molecule has 1 aromatic carbocycles. The summed E-state index contributed by atoms with van der Waals surface area (Å²) in [5, 5.41) is 2.64. The third kappa shape index (κ3) is 4.63. The molecule has 0 atom stereocenters. The van der Waals surface area contributed by atoms with Crippen LogP contribution >= 0.6 is 15.9 Å². The Morgan fingerprint density at radius 2 is 1.74 bits per heavy atom. The molecule has 1 rings (SSSR count). The van der Waals surface area contributed by atoms with Crippen molar-refractivity contribution in [3.8, 4) is 11.5 Å². The van der Waals surface area contributed by atoms with Crippen LogP contribution in [0, 0.1) is 0 Å². The minimum atomic E-state index is -0.555. The summed E-state index contributed by atoms with van der Waals surface area (Å²) in [6.07, 6.45) is -0.539. The summed E-state index contributed by atoms with van der Waals surface area (Å²) in [7, 11) is 3.07. The first-order valence-corrected chi connectivity index (χ1v) is 6.47. The lowest BCUT2D eigenvalue weighted by molar-refractivity contribution is 0.0635. The van der Waals surface area contributed by atoms with Gasteiger partial charge >= 0.3 is 6.09 Å². The van der Waals surface area contributed by atoms with Crippen LogP contribution in [0.5, 0.6) is 11.5 Å². The maximum atomic E-state index is 11.7.